The van der Waals surface area contributed by atoms with Crippen LogP contribution in [0.5, 0.6) is 0 Å². The number of pyridine rings is 1. The van der Waals surface area contributed by atoms with E-state index in [0.29, 0.717) is 11.8 Å². The van der Waals surface area contributed by atoms with Crippen LogP contribution in [0.1, 0.15) is 5.56 Å². The lowest BCUT2D eigenvalue weighted by molar-refractivity contribution is -0.104. The normalized spacial score (nSPS) is 10.3. The Labute approximate surface area is 63.4 Å². The van der Waals surface area contributed by atoms with Gasteiger partial charge in [0.1, 0.15) is 12.1 Å². The number of halogens is 1. The molecule has 3 heteroatoms. The Morgan fingerprint density at radius 2 is 2.36 bits per heavy atom. The molecule has 1 aromatic rings. The van der Waals surface area contributed by atoms with Crippen LogP contribution in [0.3, 0.4) is 0 Å². The molecule has 1 aromatic heterocycles. The van der Waals surface area contributed by atoms with Gasteiger partial charge >= 0.3 is 0 Å². The zero-order chi connectivity index (χ0) is 8.10. The van der Waals surface area contributed by atoms with Crippen LogP contribution in [0.15, 0.2) is 24.5 Å². The van der Waals surface area contributed by atoms with Crippen molar-refractivity contribution in [2.24, 2.45) is 0 Å². The van der Waals surface area contributed by atoms with Crippen molar-refractivity contribution in [2.45, 2.75) is 0 Å². The van der Waals surface area contributed by atoms with E-state index in [9.17, 15) is 9.18 Å². The number of allylic oxidation sites excluding steroid dienone is 1. The fourth-order valence-electron chi connectivity index (χ4n) is 0.664. The molecule has 0 aliphatic rings. The summed E-state index contributed by atoms with van der Waals surface area (Å²) in [6, 6.07) is 1.50. The molecule has 0 spiro atoms. The number of hydrogen-bond donors (Lipinski definition) is 0. The quantitative estimate of drug-likeness (QED) is 0.472. The summed E-state index contributed by atoms with van der Waals surface area (Å²) in [7, 11) is 0. The molecule has 0 radical (unpaired) electrons. The highest BCUT2D eigenvalue weighted by Crippen LogP contribution is 2.05. The third-order valence-electron chi connectivity index (χ3n) is 1.16. The van der Waals surface area contributed by atoms with Gasteiger partial charge in [0.15, 0.2) is 0 Å². The van der Waals surface area contributed by atoms with Crippen molar-refractivity contribution in [3.8, 4) is 0 Å². The van der Waals surface area contributed by atoms with Crippen molar-refractivity contribution in [3.05, 3.63) is 35.9 Å². The summed E-state index contributed by atoms with van der Waals surface area (Å²) < 4.78 is 12.7. The van der Waals surface area contributed by atoms with E-state index in [1.165, 1.54) is 24.4 Å². The SMILES string of the molecule is O=CC=Cc1ccncc1F. The summed E-state index contributed by atoms with van der Waals surface area (Å²) in [6.45, 7) is 0. The second-order valence-electron chi connectivity index (χ2n) is 1.89. The predicted molar refractivity (Wildman–Crippen MR) is 39.3 cm³/mol. The van der Waals surface area contributed by atoms with Crippen molar-refractivity contribution in [1.82, 2.24) is 4.98 Å². The number of carbonyl (C=O) groups excluding carboxylic acids is 1. The fourth-order valence-corrected chi connectivity index (χ4v) is 0.664. The highest BCUT2D eigenvalue weighted by Gasteiger charge is 1.94. The molecule has 1 heterocycles. The zero-order valence-electron chi connectivity index (χ0n) is 5.70. The first-order chi connectivity index (χ1) is 5.34. The summed E-state index contributed by atoms with van der Waals surface area (Å²) in [4.78, 5) is 13.4. The molecule has 0 saturated carbocycles. The molecule has 1 rings (SSSR count). The van der Waals surface area contributed by atoms with Gasteiger partial charge in [-0.15, -0.1) is 0 Å². The number of aldehydes is 1. The topological polar surface area (TPSA) is 30.0 Å². The summed E-state index contributed by atoms with van der Waals surface area (Å²) in [6.07, 6.45) is 5.79. The molecular weight excluding hydrogens is 145 g/mol. The summed E-state index contributed by atoms with van der Waals surface area (Å²) in [5.41, 5.74) is 0.368. The van der Waals surface area contributed by atoms with Crippen LogP contribution < -0.4 is 0 Å². The van der Waals surface area contributed by atoms with Gasteiger partial charge in [-0.1, -0.05) is 0 Å². The van der Waals surface area contributed by atoms with Crippen LogP contribution in [-0.4, -0.2) is 11.3 Å². The molecule has 0 aliphatic heterocycles. The molecular formula is C8H6FNO. The van der Waals surface area contributed by atoms with Crippen molar-refractivity contribution in [2.75, 3.05) is 0 Å². The molecule has 0 saturated heterocycles. The molecule has 0 N–H and O–H groups in total. The lowest BCUT2D eigenvalue weighted by atomic mass is 10.2. The maximum atomic E-state index is 12.7. The summed E-state index contributed by atoms with van der Waals surface area (Å²) >= 11 is 0. The Morgan fingerprint density at radius 3 is 3.00 bits per heavy atom. The second kappa shape index (κ2) is 3.61. The van der Waals surface area contributed by atoms with Gasteiger partial charge in [-0.25, -0.2) is 4.39 Å². The molecule has 2 nitrogen and oxygen atoms in total. The van der Waals surface area contributed by atoms with Gasteiger partial charge in [0.05, 0.1) is 6.20 Å². The van der Waals surface area contributed by atoms with Crippen molar-refractivity contribution >= 4 is 12.4 Å². The highest BCUT2D eigenvalue weighted by atomic mass is 19.1. The van der Waals surface area contributed by atoms with Crippen LogP contribution >= 0.6 is 0 Å². The molecule has 0 fully saturated rings. The van der Waals surface area contributed by atoms with E-state index in [4.69, 9.17) is 0 Å². The molecule has 11 heavy (non-hydrogen) atoms. The maximum absolute atomic E-state index is 12.7. The Balaban J connectivity index is 2.94. The molecule has 0 bridgehead atoms. The number of hydrogen-bond acceptors (Lipinski definition) is 2. The van der Waals surface area contributed by atoms with Crippen LogP contribution in [0.4, 0.5) is 4.39 Å². The van der Waals surface area contributed by atoms with Crippen molar-refractivity contribution in [3.63, 3.8) is 0 Å². The predicted octanol–water partition coefficient (Wildman–Crippen LogP) is 1.43. The van der Waals surface area contributed by atoms with Crippen LogP contribution in [0.25, 0.3) is 6.08 Å². The number of carbonyl (C=O) groups is 1. The van der Waals surface area contributed by atoms with Gasteiger partial charge in [0.25, 0.3) is 0 Å². The molecule has 0 unspecified atom stereocenters. The summed E-state index contributed by atoms with van der Waals surface area (Å²) in [5, 5.41) is 0. The second-order valence-corrected chi connectivity index (χ2v) is 1.89. The minimum absolute atomic E-state index is 0.368. The average Bonchev–Trinajstić information content (AvgIpc) is 2.03. The van der Waals surface area contributed by atoms with Gasteiger partial charge in [-0.05, 0) is 18.2 Å². The largest absolute Gasteiger partial charge is 0.299 e. The van der Waals surface area contributed by atoms with E-state index in [-0.39, 0.29) is 0 Å². The molecule has 0 aromatic carbocycles. The van der Waals surface area contributed by atoms with Gasteiger partial charge in [-0.2, -0.15) is 0 Å². The van der Waals surface area contributed by atoms with E-state index in [2.05, 4.69) is 4.98 Å². The van der Waals surface area contributed by atoms with E-state index >= 15 is 0 Å². The Bertz CT molecular complexity index is 283. The van der Waals surface area contributed by atoms with Crippen LogP contribution in [0.2, 0.25) is 0 Å². The summed E-state index contributed by atoms with van der Waals surface area (Å²) in [5.74, 6) is -0.425. The number of rotatable bonds is 2. The number of nitrogens with zero attached hydrogens (tertiary/aromatic N) is 1. The van der Waals surface area contributed by atoms with Gasteiger partial charge in [-0.3, -0.25) is 9.78 Å². The third-order valence-corrected chi connectivity index (χ3v) is 1.16. The van der Waals surface area contributed by atoms with E-state index in [1.807, 2.05) is 0 Å². The number of aromatic nitrogens is 1. The first-order valence-electron chi connectivity index (χ1n) is 3.06. The smallest absolute Gasteiger partial charge is 0.148 e. The van der Waals surface area contributed by atoms with Gasteiger partial charge in [0.2, 0.25) is 0 Å². The van der Waals surface area contributed by atoms with Gasteiger partial charge < -0.3 is 0 Å². The minimum Gasteiger partial charge on any atom is -0.299 e. The highest BCUT2D eigenvalue weighted by molar-refractivity contribution is 5.73. The lowest BCUT2D eigenvalue weighted by Gasteiger charge is -1.91. The lowest BCUT2D eigenvalue weighted by Crippen LogP contribution is -1.82. The van der Waals surface area contributed by atoms with E-state index in [0.717, 1.165) is 6.20 Å². The Kier molecular flexibility index (Phi) is 2.49. The minimum atomic E-state index is -0.425. The maximum Gasteiger partial charge on any atom is 0.148 e. The Hall–Kier alpha value is -1.51. The van der Waals surface area contributed by atoms with Crippen molar-refractivity contribution in [1.29, 1.82) is 0 Å². The molecule has 0 atom stereocenters. The average molecular weight is 151 g/mol. The van der Waals surface area contributed by atoms with Gasteiger partial charge in [0, 0.05) is 11.8 Å². The van der Waals surface area contributed by atoms with E-state index in [1.54, 1.807) is 0 Å². The molecule has 56 valence electrons. The fraction of sp³-hybridized carbons (Fsp3) is 0. The zero-order valence-corrected chi connectivity index (χ0v) is 5.70. The standard InChI is InChI=1S/C8H6FNO/c9-8-6-10-4-3-7(8)2-1-5-11/h1-6H. The first-order valence-corrected chi connectivity index (χ1v) is 3.06. The first kappa shape index (κ1) is 7.60. The Morgan fingerprint density at radius 1 is 1.55 bits per heavy atom. The van der Waals surface area contributed by atoms with Crippen LogP contribution in [0, 0.1) is 5.82 Å². The van der Waals surface area contributed by atoms with Crippen LogP contribution in [-0.2, 0) is 4.79 Å². The molecule has 0 amide bonds. The molecule has 0 aliphatic carbocycles. The third kappa shape index (κ3) is 1.97. The monoisotopic (exact) mass is 151 g/mol. The van der Waals surface area contributed by atoms with E-state index < -0.39 is 5.82 Å². The van der Waals surface area contributed by atoms with Crippen molar-refractivity contribution < 1.29 is 9.18 Å².